The van der Waals surface area contributed by atoms with Crippen LogP contribution < -0.4 is 4.90 Å². The van der Waals surface area contributed by atoms with E-state index in [1.165, 1.54) is 0 Å². The molecule has 10 rings (SSSR count). The molecular formula is C58H41N. The second-order valence-corrected chi connectivity index (χ2v) is 14.7. The van der Waals surface area contributed by atoms with Gasteiger partial charge in [0.15, 0.2) is 0 Å². The summed E-state index contributed by atoms with van der Waals surface area (Å²) >= 11 is 0. The van der Waals surface area contributed by atoms with Gasteiger partial charge in [0.05, 0.1) is 5.48 Å². The van der Waals surface area contributed by atoms with E-state index in [4.69, 9.17) is 0 Å². The Kier molecular flexibility index (Phi) is 8.51. The lowest BCUT2D eigenvalue weighted by Crippen LogP contribution is -2.10. The third kappa shape index (κ3) is 7.46. The van der Waals surface area contributed by atoms with E-state index in [9.17, 15) is 5.48 Å². The lowest BCUT2D eigenvalue weighted by atomic mass is 9.93. The Bertz CT molecular complexity index is 3170. The summed E-state index contributed by atoms with van der Waals surface area (Å²) in [5.74, 6) is 0. The molecule has 0 bridgehead atoms. The molecule has 0 atom stereocenters. The standard InChI is InChI=1S/C58H41N/c1-4-15-42(16-5-1)48-23-12-24-49(37-48)45-29-33-54(34-30-45)59(56-26-13-25-50(41-56)58-28-14-22-47-21-10-11-27-57(47)58)55-35-31-46(32-36-55)53-39-51(43-17-6-2-7-18-43)38-52(40-53)44-19-8-3-9-20-44/h1-41H/i29D,30D,33D,34D. The first-order valence-corrected chi connectivity index (χ1v) is 19.9. The normalized spacial score (nSPS) is 12.0. The molecular weight excluding hydrogens is 711 g/mol. The first-order valence-electron chi connectivity index (χ1n) is 21.9. The van der Waals surface area contributed by atoms with Crippen molar-refractivity contribution in [3.63, 3.8) is 0 Å². The minimum Gasteiger partial charge on any atom is -0.310 e. The summed E-state index contributed by atoms with van der Waals surface area (Å²) in [6.45, 7) is 0. The van der Waals surface area contributed by atoms with Crippen LogP contribution in [0, 0.1) is 0 Å². The Morgan fingerprint density at radius 1 is 0.254 bits per heavy atom. The zero-order valence-corrected chi connectivity index (χ0v) is 32.3. The summed E-state index contributed by atoms with van der Waals surface area (Å²) in [5, 5.41) is 2.25. The van der Waals surface area contributed by atoms with Crippen LogP contribution in [0.25, 0.3) is 77.5 Å². The predicted molar refractivity (Wildman–Crippen MR) is 251 cm³/mol. The minimum absolute atomic E-state index is 0.103. The van der Waals surface area contributed by atoms with Gasteiger partial charge in [0.2, 0.25) is 0 Å². The Labute approximate surface area is 352 Å². The van der Waals surface area contributed by atoms with E-state index in [2.05, 4.69) is 121 Å². The maximum atomic E-state index is 9.65. The number of nitrogens with zero attached hydrogens (tertiary/aromatic N) is 1. The van der Waals surface area contributed by atoms with E-state index in [-0.39, 0.29) is 35.4 Å². The highest BCUT2D eigenvalue weighted by Crippen LogP contribution is 2.40. The second kappa shape index (κ2) is 16.0. The van der Waals surface area contributed by atoms with Crippen LogP contribution >= 0.6 is 0 Å². The number of rotatable bonds is 9. The number of hydrogen-bond donors (Lipinski definition) is 0. The first kappa shape index (κ1) is 31.4. The van der Waals surface area contributed by atoms with Crippen LogP contribution in [0.2, 0.25) is 0 Å². The molecule has 0 heterocycles. The summed E-state index contributed by atoms with van der Waals surface area (Å²) in [7, 11) is 0. The molecule has 1 heteroatoms. The van der Waals surface area contributed by atoms with E-state index in [1.54, 1.807) is 0 Å². The molecule has 0 aliphatic carbocycles. The van der Waals surface area contributed by atoms with Gasteiger partial charge in [-0.1, -0.05) is 188 Å². The quantitative estimate of drug-likeness (QED) is 0.142. The lowest BCUT2D eigenvalue weighted by Gasteiger charge is -2.26. The zero-order chi connectivity index (χ0) is 42.9. The fourth-order valence-electron chi connectivity index (χ4n) is 7.94. The molecule has 0 amide bonds. The Balaban J connectivity index is 1.13. The molecule has 0 fully saturated rings. The molecule has 10 aromatic rings. The van der Waals surface area contributed by atoms with Gasteiger partial charge >= 0.3 is 0 Å². The zero-order valence-electron chi connectivity index (χ0n) is 36.3. The molecule has 278 valence electrons. The van der Waals surface area contributed by atoms with Gasteiger partial charge in [-0.25, -0.2) is 0 Å². The molecule has 1 nitrogen and oxygen atoms in total. The highest BCUT2D eigenvalue weighted by atomic mass is 15.1. The monoisotopic (exact) mass is 755 g/mol. The van der Waals surface area contributed by atoms with E-state index in [0.717, 1.165) is 66.4 Å². The SMILES string of the molecule is [2H]c1c([2H])c(N(c2ccc(-c3cc(-c4ccccc4)cc(-c4ccccc4)c3)cc2)c2cccc(-c3cccc4ccccc34)c2)c([2H])c([2H])c1-c1cccc(-c2ccccc2)c1. The highest BCUT2D eigenvalue weighted by Gasteiger charge is 2.16. The van der Waals surface area contributed by atoms with Crippen molar-refractivity contribution in [3.8, 4) is 66.8 Å². The van der Waals surface area contributed by atoms with Gasteiger partial charge in [0.1, 0.15) is 0 Å². The summed E-state index contributed by atoms with van der Waals surface area (Å²) in [6, 6.07) is 75.6. The summed E-state index contributed by atoms with van der Waals surface area (Å²) < 4.78 is 38.3. The van der Waals surface area contributed by atoms with E-state index < -0.39 is 0 Å². The van der Waals surface area contributed by atoms with Crippen molar-refractivity contribution in [2.24, 2.45) is 0 Å². The van der Waals surface area contributed by atoms with Crippen LogP contribution in [0.15, 0.2) is 249 Å². The lowest BCUT2D eigenvalue weighted by molar-refractivity contribution is 1.28. The molecule has 0 spiro atoms. The number of hydrogen-bond acceptors (Lipinski definition) is 1. The first-order chi connectivity index (χ1) is 30.9. The van der Waals surface area contributed by atoms with Crippen molar-refractivity contribution in [2.45, 2.75) is 0 Å². The van der Waals surface area contributed by atoms with Crippen LogP contribution in [0.5, 0.6) is 0 Å². The summed E-state index contributed by atoms with van der Waals surface area (Å²) in [5.41, 5.74) is 13.0. The van der Waals surface area contributed by atoms with Crippen molar-refractivity contribution in [2.75, 3.05) is 4.90 Å². The van der Waals surface area contributed by atoms with Gasteiger partial charge < -0.3 is 4.90 Å². The van der Waals surface area contributed by atoms with E-state index in [1.807, 2.05) is 108 Å². The third-order valence-electron chi connectivity index (χ3n) is 10.9. The smallest absolute Gasteiger partial charge is 0.0645 e. The van der Waals surface area contributed by atoms with Crippen molar-refractivity contribution < 1.29 is 5.48 Å². The molecule has 10 aromatic carbocycles. The average Bonchev–Trinajstić information content (AvgIpc) is 3.35. The minimum atomic E-state index is -0.126. The van der Waals surface area contributed by atoms with Crippen LogP contribution in [-0.2, 0) is 0 Å². The highest BCUT2D eigenvalue weighted by molar-refractivity contribution is 5.97. The number of benzene rings is 10. The largest absolute Gasteiger partial charge is 0.310 e. The molecule has 0 aliphatic heterocycles. The number of anilines is 3. The summed E-state index contributed by atoms with van der Waals surface area (Å²) in [6.07, 6.45) is 0. The fourth-order valence-corrected chi connectivity index (χ4v) is 7.94. The van der Waals surface area contributed by atoms with E-state index in [0.29, 0.717) is 16.9 Å². The van der Waals surface area contributed by atoms with Crippen molar-refractivity contribution in [3.05, 3.63) is 249 Å². The van der Waals surface area contributed by atoms with Crippen LogP contribution in [0.3, 0.4) is 0 Å². The number of fused-ring (bicyclic) bond motifs is 1. The molecule has 0 aliphatic rings. The molecule has 0 unspecified atom stereocenters. The maximum Gasteiger partial charge on any atom is 0.0645 e. The molecule has 0 aromatic heterocycles. The van der Waals surface area contributed by atoms with Crippen LogP contribution in [-0.4, -0.2) is 0 Å². The Morgan fingerprint density at radius 3 is 1.32 bits per heavy atom. The van der Waals surface area contributed by atoms with Gasteiger partial charge in [-0.2, -0.15) is 0 Å². The van der Waals surface area contributed by atoms with Gasteiger partial charge in [-0.05, 0) is 138 Å². The molecule has 59 heavy (non-hydrogen) atoms. The van der Waals surface area contributed by atoms with E-state index >= 15 is 0 Å². The van der Waals surface area contributed by atoms with Crippen LogP contribution in [0.1, 0.15) is 5.48 Å². The molecule has 0 N–H and O–H groups in total. The fraction of sp³-hybridized carbons (Fsp3) is 0. The Morgan fingerprint density at radius 2 is 0.695 bits per heavy atom. The third-order valence-corrected chi connectivity index (χ3v) is 10.9. The molecule has 0 saturated heterocycles. The van der Waals surface area contributed by atoms with Crippen molar-refractivity contribution in [1.82, 2.24) is 0 Å². The van der Waals surface area contributed by atoms with Gasteiger partial charge in [0.25, 0.3) is 0 Å². The predicted octanol–water partition coefficient (Wildman–Crippen LogP) is 16.3. The topological polar surface area (TPSA) is 3.24 Å². The van der Waals surface area contributed by atoms with Crippen molar-refractivity contribution in [1.29, 1.82) is 0 Å². The van der Waals surface area contributed by atoms with Crippen molar-refractivity contribution >= 4 is 27.8 Å². The molecule has 0 saturated carbocycles. The van der Waals surface area contributed by atoms with Gasteiger partial charge in [0, 0.05) is 17.1 Å². The van der Waals surface area contributed by atoms with Crippen LogP contribution in [0.4, 0.5) is 17.1 Å². The maximum absolute atomic E-state index is 9.65. The molecule has 0 radical (unpaired) electrons. The summed E-state index contributed by atoms with van der Waals surface area (Å²) in [4.78, 5) is 1.87. The Hall–Kier alpha value is -7.74. The average molecular weight is 756 g/mol. The van der Waals surface area contributed by atoms with Gasteiger partial charge in [-0.15, -0.1) is 0 Å². The second-order valence-electron chi connectivity index (χ2n) is 14.7. The van der Waals surface area contributed by atoms with Gasteiger partial charge in [-0.3, -0.25) is 0 Å².